The van der Waals surface area contributed by atoms with Crippen molar-refractivity contribution in [3.8, 4) is 11.5 Å². The summed E-state index contributed by atoms with van der Waals surface area (Å²) in [6.45, 7) is 0. The van der Waals surface area contributed by atoms with Crippen LogP contribution in [0.3, 0.4) is 0 Å². The maximum atomic E-state index is 5.77. The summed E-state index contributed by atoms with van der Waals surface area (Å²) in [5, 5.41) is 0. The van der Waals surface area contributed by atoms with Crippen molar-refractivity contribution < 1.29 is 4.42 Å². The molecule has 0 aliphatic heterocycles. The van der Waals surface area contributed by atoms with Gasteiger partial charge in [0, 0.05) is 10.2 Å². The molecule has 0 amide bonds. The van der Waals surface area contributed by atoms with Crippen molar-refractivity contribution in [1.29, 1.82) is 0 Å². The Morgan fingerprint density at radius 1 is 1.12 bits per heavy atom. The van der Waals surface area contributed by atoms with E-state index in [1.165, 1.54) is 0 Å². The standard InChI is InChI=1S/C13H9BrN2O/c14-10-6-5-8(15)7-9(10)13-16-11-3-1-2-4-12(11)17-13/h1-7H,15H2. The second-order valence-electron chi connectivity index (χ2n) is 3.73. The largest absolute Gasteiger partial charge is 0.436 e. The van der Waals surface area contributed by atoms with Gasteiger partial charge in [-0.25, -0.2) is 4.98 Å². The zero-order chi connectivity index (χ0) is 11.8. The maximum Gasteiger partial charge on any atom is 0.228 e. The number of halogens is 1. The van der Waals surface area contributed by atoms with E-state index < -0.39 is 0 Å². The highest BCUT2D eigenvalue weighted by Crippen LogP contribution is 2.31. The third kappa shape index (κ3) is 1.80. The third-order valence-corrected chi connectivity index (χ3v) is 3.21. The number of rotatable bonds is 1. The summed E-state index contributed by atoms with van der Waals surface area (Å²) in [6.07, 6.45) is 0. The number of anilines is 1. The number of benzene rings is 2. The van der Waals surface area contributed by atoms with Crippen LogP contribution in [0.2, 0.25) is 0 Å². The molecule has 1 aromatic heterocycles. The number of nitrogen functional groups attached to an aromatic ring is 1. The first kappa shape index (κ1) is 10.4. The van der Waals surface area contributed by atoms with Gasteiger partial charge in [0.05, 0.1) is 5.56 Å². The third-order valence-electron chi connectivity index (χ3n) is 2.51. The summed E-state index contributed by atoms with van der Waals surface area (Å²) in [4.78, 5) is 4.43. The van der Waals surface area contributed by atoms with Gasteiger partial charge in [-0.15, -0.1) is 0 Å². The van der Waals surface area contributed by atoms with Crippen LogP contribution < -0.4 is 5.73 Å². The van der Waals surface area contributed by atoms with Crippen LogP contribution in [0.25, 0.3) is 22.6 Å². The highest BCUT2D eigenvalue weighted by atomic mass is 79.9. The summed E-state index contributed by atoms with van der Waals surface area (Å²) in [7, 11) is 0. The van der Waals surface area contributed by atoms with E-state index in [-0.39, 0.29) is 0 Å². The summed E-state index contributed by atoms with van der Waals surface area (Å²) in [6, 6.07) is 13.2. The van der Waals surface area contributed by atoms with Crippen LogP contribution in [0, 0.1) is 0 Å². The van der Waals surface area contributed by atoms with Crippen molar-refractivity contribution in [2.24, 2.45) is 0 Å². The first-order valence-electron chi connectivity index (χ1n) is 5.15. The molecule has 84 valence electrons. The van der Waals surface area contributed by atoms with Crippen LogP contribution in [-0.2, 0) is 0 Å². The lowest BCUT2D eigenvalue weighted by Crippen LogP contribution is -1.86. The number of nitrogens with two attached hydrogens (primary N) is 1. The minimum absolute atomic E-state index is 0.574. The normalized spacial score (nSPS) is 10.9. The van der Waals surface area contributed by atoms with Crippen LogP contribution >= 0.6 is 15.9 Å². The molecule has 17 heavy (non-hydrogen) atoms. The van der Waals surface area contributed by atoms with Gasteiger partial charge in [0.25, 0.3) is 0 Å². The van der Waals surface area contributed by atoms with Crippen molar-refractivity contribution in [2.75, 3.05) is 5.73 Å². The second kappa shape index (κ2) is 3.89. The first-order chi connectivity index (χ1) is 8.24. The molecule has 1 heterocycles. The summed E-state index contributed by atoms with van der Waals surface area (Å²) in [5.41, 5.74) is 8.94. The minimum Gasteiger partial charge on any atom is -0.436 e. The Kier molecular flexibility index (Phi) is 2.37. The Morgan fingerprint density at radius 2 is 1.94 bits per heavy atom. The molecule has 0 fully saturated rings. The molecule has 0 saturated heterocycles. The van der Waals surface area contributed by atoms with Gasteiger partial charge in [0.2, 0.25) is 5.89 Å². The van der Waals surface area contributed by atoms with Gasteiger partial charge in [-0.3, -0.25) is 0 Å². The van der Waals surface area contributed by atoms with E-state index in [2.05, 4.69) is 20.9 Å². The highest BCUT2D eigenvalue weighted by Gasteiger charge is 2.11. The predicted molar refractivity (Wildman–Crippen MR) is 71.6 cm³/mol. The molecule has 3 aromatic rings. The molecule has 0 aliphatic carbocycles. The van der Waals surface area contributed by atoms with E-state index >= 15 is 0 Å². The van der Waals surface area contributed by atoms with Gasteiger partial charge >= 0.3 is 0 Å². The maximum absolute atomic E-state index is 5.77. The molecule has 4 heteroatoms. The number of para-hydroxylation sites is 2. The lowest BCUT2D eigenvalue weighted by molar-refractivity contribution is 0.619. The average molecular weight is 289 g/mol. The number of nitrogens with zero attached hydrogens (tertiary/aromatic N) is 1. The Hall–Kier alpha value is -1.81. The molecule has 0 saturated carbocycles. The van der Waals surface area contributed by atoms with Crippen LogP contribution in [0.1, 0.15) is 0 Å². The Balaban J connectivity index is 2.23. The lowest BCUT2D eigenvalue weighted by atomic mass is 10.2. The van der Waals surface area contributed by atoms with Crippen molar-refractivity contribution in [3.63, 3.8) is 0 Å². The molecular weight excluding hydrogens is 280 g/mol. The molecule has 3 rings (SSSR count). The quantitative estimate of drug-likeness (QED) is 0.692. The van der Waals surface area contributed by atoms with Crippen LogP contribution in [0.4, 0.5) is 5.69 Å². The highest BCUT2D eigenvalue weighted by molar-refractivity contribution is 9.10. The molecule has 0 radical (unpaired) electrons. The summed E-state index contributed by atoms with van der Waals surface area (Å²) in [5.74, 6) is 0.574. The average Bonchev–Trinajstić information content (AvgIpc) is 2.75. The lowest BCUT2D eigenvalue weighted by Gasteiger charge is -2.00. The molecular formula is C13H9BrN2O. The fourth-order valence-electron chi connectivity index (χ4n) is 1.69. The van der Waals surface area contributed by atoms with E-state index in [9.17, 15) is 0 Å². The second-order valence-corrected chi connectivity index (χ2v) is 4.58. The van der Waals surface area contributed by atoms with Gasteiger partial charge in [-0.05, 0) is 46.3 Å². The van der Waals surface area contributed by atoms with Crippen molar-refractivity contribution >= 4 is 32.7 Å². The Labute approximate surface area is 106 Å². The minimum atomic E-state index is 0.574. The predicted octanol–water partition coefficient (Wildman–Crippen LogP) is 3.84. The number of aromatic nitrogens is 1. The summed E-state index contributed by atoms with van der Waals surface area (Å²) < 4.78 is 6.61. The molecule has 0 unspecified atom stereocenters. The molecule has 0 bridgehead atoms. The number of hydrogen-bond donors (Lipinski definition) is 1. The Morgan fingerprint density at radius 3 is 2.76 bits per heavy atom. The van der Waals surface area contributed by atoms with Gasteiger partial charge < -0.3 is 10.2 Å². The number of fused-ring (bicyclic) bond motifs is 1. The van der Waals surface area contributed by atoms with Gasteiger partial charge in [-0.1, -0.05) is 12.1 Å². The van der Waals surface area contributed by atoms with Crippen LogP contribution in [0.15, 0.2) is 51.4 Å². The first-order valence-corrected chi connectivity index (χ1v) is 5.94. The Bertz CT molecular complexity index is 658. The van der Waals surface area contributed by atoms with E-state index in [1.54, 1.807) is 0 Å². The van der Waals surface area contributed by atoms with Gasteiger partial charge in [-0.2, -0.15) is 0 Å². The molecule has 2 N–H and O–H groups in total. The molecule has 0 aliphatic rings. The van der Waals surface area contributed by atoms with E-state index in [4.69, 9.17) is 10.2 Å². The molecule has 0 atom stereocenters. The molecule has 0 spiro atoms. The zero-order valence-electron chi connectivity index (χ0n) is 8.85. The molecule has 2 aromatic carbocycles. The summed E-state index contributed by atoms with van der Waals surface area (Å²) >= 11 is 3.47. The molecule has 3 nitrogen and oxygen atoms in total. The monoisotopic (exact) mass is 288 g/mol. The fourth-order valence-corrected chi connectivity index (χ4v) is 2.11. The van der Waals surface area contributed by atoms with Gasteiger partial charge in [0.15, 0.2) is 5.58 Å². The SMILES string of the molecule is Nc1ccc(Br)c(-c2nc3ccccc3o2)c1. The van der Waals surface area contributed by atoms with Gasteiger partial charge in [0.1, 0.15) is 5.52 Å². The number of oxazole rings is 1. The van der Waals surface area contributed by atoms with Crippen molar-refractivity contribution in [2.45, 2.75) is 0 Å². The van der Waals surface area contributed by atoms with Crippen molar-refractivity contribution in [1.82, 2.24) is 4.98 Å². The number of hydrogen-bond acceptors (Lipinski definition) is 3. The van der Waals surface area contributed by atoms with Crippen LogP contribution in [-0.4, -0.2) is 4.98 Å². The van der Waals surface area contributed by atoms with E-state index in [0.29, 0.717) is 11.6 Å². The van der Waals surface area contributed by atoms with E-state index in [1.807, 2.05) is 42.5 Å². The van der Waals surface area contributed by atoms with Crippen LogP contribution in [0.5, 0.6) is 0 Å². The van der Waals surface area contributed by atoms with Crippen molar-refractivity contribution in [3.05, 3.63) is 46.9 Å². The smallest absolute Gasteiger partial charge is 0.228 e. The topological polar surface area (TPSA) is 52.0 Å². The zero-order valence-corrected chi connectivity index (χ0v) is 10.4. The van der Waals surface area contributed by atoms with E-state index in [0.717, 1.165) is 21.1 Å². The fraction of sp³-hybridized carbons (Fsp3) is 0.